The maximum absolute atomic E-state index is 12.9. The average molecular weight is 318 g/mol. The molecule has 3 aromatic carbocycles. The molecule has 0 atom stereocenters. The van der Waals surface area contributed by atoms with Crippen molar-refractivity contribution in [3.8, 4) is 5.75 Å². The van der Waals surface area contributed by atoms with Gasteiger partial charge in [0, 0.05) is 24.8 Å². The van der Waals surface area contributed by atoms with Crippen LogP contribution in [0.1, 0.15) is 15.9 Å². The quantitative estimate of drug-likeness (QED) is 0.734. The lowest BCUT2D eigenvalue weighted by molar-refractivity contribution is 0.0994. The highest BCUT2D eigenvalue weighted by Gasteiger charge is 2.19. The second-order valence-electron chi connectivity index (χ2n) is 6.04. The van der Waals surface area contributed by atoms with Crippen LogP contribution in [0.25, 0.3) is 10.8 Å². The molecule has 0 saturated heterocycles. The molecule has 4 rings (SSSR count). The molecule has 0 saturated carbocycles. The Kier molecular flexibility index (Phi) is 3.38. The summed E-state index contributed by atoms with van der Waals surface area (Å²) in [5.74, 6) is 0.793. The van der Waals surface area contributed by atoms with Gasteiger partial charge in [-0.2, -0.15) is 0 Å². The lowest BCUT2D eigenvalue weighted by Crippen LogP contribution is -2.27. The Balaban J connectivity index is 1.71. The second-order valence-corrected chi connectivity index (χ2v) is 6.04. The van der Waals surface area contributed by atoms with Crippen LogP contribution in [-0.2, 0) is 6.42 Å². The number of carbonyl (C=O) groups excluding carboxylic acids is 1. The van der Waals surface area contributed by atoms with E-state index in [4.69, 9.17) is 10.5 Å². The number of nitrogen functional groups attached to an aromatic ring is 1. The van der Waals surface area contributed by atoms with Crippen LogP contribution in [0.15, 0.2) is 54.6 Å². The van der Waals surface area contributed by atoms with E-state index < -0.39 is 0 Å². The summed E-state index contributed by atoms with van der Waals surface area (Å²) in [5, 5.41) is 2.04. The molecule has 4 nitrogen and oxygen atoms in total. The summed E-state index contributed by atoms with van der Waals surface area (Å²) in [6.07, 6.45) is 0.878. The highest BCUT2D eigenvalue weighted by atomic mass is 16.5. The maximum atomic E-state index is 12.9. The van der Waals surface area contributed by atoms with E-state index in [1.54, 1.807) is 11.9 Å². The largest absolute Gasteiger partial charge is 0.493 e. The first-order valence-corrected chi connectivity index (χ1v) is 7.95. The zero-order valence-corrected chi connectivity index (χ0v) is 13.5. The number of nitrogens with two attached hydrogens (primary N) is 1. The lowest BCUT2D eigenvalue weighted by atomic mass is 10.0. The molecule has 1 aliphatic heterocycles. The molecule has 4 heteroatoms. The van der Waals surface area contributed by atoms with E-state index in [0.29, 0.717) is 17.9 Å². The van der Waals surface area contributed by atoms with E-state index in [1.165, 1.54) is 0 Å². The minimum Gasteiger partial charge on any atom is -0.493 e. The Bertz CT molecular complexity index is 950. The minimum absolute atomic E-state index is 0.114. The van der Waals surface area contributed by atoms with Crippen LogP contribution in [0, 0.1) is 0 Å². The van der Waals surface area contributed by atoms with Gasteiger partial charge in [-0.3, -0.25) is 4.79 Å². The van der Waals surface area contributed by atoms with Crippen molar-refractivity contribution in [3.05, 3.63) is 65.7 Å². The third-order valence-corrected chi connectivity index (χ3v) is 4.51. The smallest absolute Gasteiger partial charge is 0.260 e. The molecule has 1 heterocycles. The van der Waals surface area contributed by atoms with Crippen LogP contribution >= 0.6 is 0 Å². The van der Waals surface area contributed by atoms with Gasteiger partial charge < -0.3 is 15.4 Å². The maximum Gasteiger partial charge on any atom is 0.260 e. The zero-order chi connectivity index (χ0) is 16.7. The number of rotatable bonds is 2. The standard InChI is InChI=1S/C20H18N2O2/c1-22(16-6-7-19-15(10-16)8-9-24-19)20(23)17-11-13-4-2-3-5-14(13)12-18(17)21/h2-7,10-12H,8-9,21H2,1H3. The normalized spacial score (nSPS) is 12.7. The number of benzene rings is 3. The van der Waals surface area contributed by atoms with Gasteiger partial charge in [0.05, 0.1) is 12.2 Å². The van der Waals surface area contributed by atoms with Crippen molar-refractivity contribution < 1.29 is 9.53 Å². The lowest BCUT2D eigenvalue weighted by Gasteiger charge is -2.19. The van der Waals surface area contributed by atoms with Gasteiger partial charge in [0.1, 0.15) is 5.75 Å². The molecule has 3 aromatic rings. The first-order valence-electron chi connectivity index (χ1n) is 7.95. The van der Waals surface area contributed by atoms with Gasteiger partial charge in [-0.15, -0.1) is 0 Å². The van der Waals surface area contributed by atoms with Crippen molar-refractivity contribution in [1.82, 2.24) is 0 Å². The van der Waals surface area contributed by atoms with Crippen molar-refractivity contribution in [2.24, 2.45) is 0 Å². The fourth-order valence-electron chi connectivity index (χ4n) is 3.12. The molecule has 1 amide bonds. The first-order chi connectivity index (χ1) is 11.6. The summed E-state index contributed by atoms with van der Waals surface area (Å²) in [7, 11) is 1.77. The van der Waals surface area contributed by atoms with Gasteiger partial charge in [-0.25, -0.2) is 0 Å². The highest BCUT2D eigenvalue weighted by molar-refractivity contribution is 6.11. The molecule has 1 aliphatic rings. The topological polar surface area (TPSA) is 55.6 Å². The monoisotopic (exact) mass is 318 g/mol. The molecule has 0 fully saturated rings. The van der Waals surface area contributed by atoms with Gasteiger partial charge >= 0.3 is 0 Å². The van der Waals surface area contributed by atoms with Crippen LogP contribution in [0.4, 0.5) is 11.4 Å². The van der Waals surface area contributed by atoms with Gasteiger partial charge in [0.25, 0.3) is 5.91 Å². The van der Waals surface area contributed by atoms with Gasteiger partial charge in [-0.05, 0) is 46.7 Å². The summed E-state index contributed by atoms with van der Waals surface area (Å²) >= 11 is 0. The van der Waals surface area contributed by atoms with Crippen LogP contribution < -0.4 is 15.4 Å². The number of fused-ring (bicyclic) bond motifs is 2. The predicted octanol–water partition coefficient (Wildman–Crippen LogP) is 3.63. The molecular weight excluding hydrogens is 300 g/mol. The number of nitrogens with zero attached hydrogens (tertiary/aromatic N) is 1. The molecule has 0 aliphatic carbocycles. The number of anilines is 2. The Hall–Kier alpha value is -3.01. The van der Waals surface area contributed by atoms with Gasteiger partial charge in [0.15, 0.2) is 0 Å². The van der Waals surface area contributed by atoms with E-state index >= 15 is 0 Å². The Morgan fingerprint density at radius 1 is 1.08 bits per heavy atom. The van der Waals surface area contributed by atoms with E-state index in [9.17, 15) is 4.79 Å². The van der Waals surface area contributed by atoms with Crippen molar-refractivity contribution in [2.75, 3.05) is 24.3 Å². The number of hydrogen-bond donors (Lipinski definition) is 1. The SMILES string of the molecule is CN(C(=O)c1cc2ccccc2cc1N)c1ccc2c(c1)CCO2. The summed E-state index contributed by atoms with van der Waals surface area (Å²) < 4.78 is 5.52. The minimum atomic E-state index is -0.114. The van der Waals surface area contributed by atoms with Crippen LogP contribution in [-0.4, -0.2) is 19.6 Å². The van der Waals surface area contributed by atoms with Crippen LogP contribution in [0.3, 0.4) is 0 Å². The van der Waals surface area contributed by atoms with Crippen molar-refractivity contribution in [3.63, 3.8) is 0 Å². The first kappa shape index (κ1) is 14.6. The Labute approximate surface area is 140 Å². The van der Waals surface area contributed by atoms with E-state index in [-0.39, 0.29) is 5.91 Å². The molecule has 0 radical (unpaired) electrons. The molecule has 2 N–H and O–H groups in total. The van der Waals surface area contributed by atoms with E-state index in [2.05, 4.69) is 0 Å². The highest BCUT2D eigenvalue weighted by Crippen LogP contribution is 2.30. The van der Waals surface area contributed by atoms with Crippen molar-refractivity contribution in [1.29, 1.82) is 0 Å². The summed E-state index contributed by atoms with van der Waals surface area (Å²) in [5.41, 5.74) is 9.12. The molecule has 0 unspecified atom stereocenters. The van der Waals surface area contributed by atoms with Gasteiger partial charge in [-0.1, -0.05) is 24.3 Å². The number of carbonyl (C=O) groups is 1. The summed E-state index contributed by atoms with van der Waals surface area (Å²) in [4.78, 5) is 14.6. The molecule has 120 valence electrons. The van der Waals surface area contributed by atoms with Gasteiger partial charge in [0.2, 0.25) is 0 Å². The number of amides is 1. The predicted molar refractivity (Wildman–Crippen MR) is 96.7 cm³/mol. The second kappa shape index (κ2) is 5.57. The fourth-order valence-corrected chi connectivity index (χ4v) is 3.12. The van der Waals surface area contributed by atoms with E-state index in [0.717, 1.165) is 34.2 Å². The molecular formula is C20H18N2O2. The van der Waals surface area contributed by atoms with Crippen LogP contribution in [0.5, 0.6) is 5.75 Å². The van der Waals surface area contributed by atoms with Crippen molar-refractivity contribution in [2.45, 2.75) is 6.42 Å². The fraction of sp³-hybridized carbons (Fsp3) is 0.150. The molecule has 0 spiro atoms. The zero-order valence-electron chi connectivity index (χ0n) is 13.5. The average Bonchev–Trinajstić information content (AvgIpc) is 3.07. The number of ether oxygens (including phenoxy) is 1. The Morgan fingerprint density at radius 2 is 1.83 bits per heavy atom. The molecule has 0 aromatic heterocycles. The summed E-state index contributed by atoms with van der Waals surface area (Å²) in [6, 6.07) is 17.4. The number of hydrogen-bond acceptors (Lipinski definition) is 3. The molecule has 24 heavy (non-hydrogen) atoms. The summed E-state index contributed by atoms with van der Waals surface area (Å²) in [6.45, 7) is 0.702. The van der Waals surface area contributed by atoms with E-state index in [1.807, 2.05) is 54.6 Å². The third kappa shape index (κ3) is 2.36. The molecule has 0 bridgehead atoms. The Morgan fingerprint density at radius 3 is 2.62 bits per heavy atom. The van der Waals surface area contributed by atoms with Crippen LogP contribution in [0.2, 0.25) is 0 Å². The van der Waals surface area contributed by atoms with Crippen molar-refractivity contribution >= 4 is 28.1 Å². The third-order valence-electron chi connectivity index (χ3n) is 4.51.